The monoisotopic (exact) mass is 261 g/mol. The number of para-hydroxylation sites is 1. The molecule has 0 aliphatic heterocycles. The molecule has 1 rings (SSSR count). The zero-order chi connectivity index (χ0) is 13.9. The zero-order valence-electron chi connectivity index (χ0n) is 9.79. The largest absolute Gasteiger partial charge is 0.481 e. The van der Waals surface area contributed by atoms with E-state index in [-0.39, 0.29) is 12.0 Å². The van der Waals surface area contributed by atoms with Crippen LogP contribution in [-0.2, 0) is 11.0 Å². The van der Waals surface area contributed by atoms with E-state index >= 15 is 0 Å². The van der Waals surface area contributed by atoms with Crippen molar-refractivity contribution >= 4 is 11.7 Å². The first-order chi connectivity index (χ1) is 8.29. The molecule has 3 nitrogen and oxygen atoms in total. The zero-order valence-corrected chi connectivity index (χ0v) is 9.79. The number of nitrogen functional groups attached to an aromatic ring is 1. The smallest absolute Gasteiger partial charge is 0.418 e. The normalized spacial score (nSPS) is 13.3. The molecule has 3 N–H and O–H groups in total. The summed E-state index contributed by atoms with van der Waals surface area (Å²) in [5.41, 5.74) is 4.00. The maximum atomic E-state index is 12.7. The third-order valence-corrected chi connectivity index (χ3v) is 2.70. The van der Waals surface area contributed by atoms with Crippen LogP contribution in [0.4, 0.5) is 18.9 Å². The van der Waals surface area contributed by atoms with E-state index in [9.17, 15) is 18.0 Å². The first kappa shape index (κ1) is 14.3. The molecule has 1 aromatic rings. The summed E-state index contributed by atoms with van der Waals surface area (Å²) in [6.07, 6.45) is -3.77. The highest BCUT2D eigenvalue weighted by atomic mass is 19.4. The Balaban J connectivity index is 3.28. The fourth-order valence-electron chi connectivity index (χ4n) is 1.83. The summed E-state index contributed by atoms with van der Waals surface area (Å²) in [4.78, 5) is 11.1. The number of carboxylic acids is 1. The van der Waals surface area contributed by atoms with Crippen LogP contribution < -0.4 is 5.73 Å². The molecular weight excluding hydrogens is 247 g/mol. The van der Waals surface area contributed by atoms with Gasteiger partial charge >= 0.3 is 12.1 Å². The lowest BCUT2D eigenvalue weighted by atomic mass is 9.91. The van der Waals surface area contributed by atoms with Crippen LogP contribution in [0.5, 0.6) is 0 Å². The minimum atomic E-state index is -4.57. The van der Waals surface area contributed by atoms with Crippen molar-refractivity contribution in [1.29, 1.82) is 0 Å². The van der Waals surface area contributed by atoms with E-state index in [0.29, 0.717) is 6.42 Å². The fraction of sp³-hybridized carbons (Fsp3) is 0.417. The van der Waals surface area contributed by atoms with Crippen molar-refractivity contribution < 1.29 is 23.1 Å². The molecule has 0 heterocycles. The van der Waals surface area contributed by atoms with E-state index in [1.165, 1.54) is 12.1 Å². The Morgan fingerprint density at radius 3 is 2.50 bits per heavy atom. The van der Waals surface area contributed by atoms with Crippen molar-refractivity contribution in [2.45, 2.75) is 31.9 Å². The molecule has 18 heavy (non-hydrogen) atoms. The molecule has 100 valence electrons. The third kappa shape index (κ3) is 2.94. The molecule has 0 bridgehead atoms. The topological polar surface area (TPSA) is 63.3 Å². The van der Waals surface area contributed by atoms with Crippen molar-refractivity contribution in [2.75, 3.05) is 5.73 Å². The summed E-state index contributed by atoms with van der Waals surface area (Å²) >= 11 is 0. The molecule has 0 saturated carbocycles. The molecule has 1 atom stereocenters. The Labute approximate surface area is 102 Å². The second kappa shape index (κ2) is 5.29. The predicted molar refractivity (Wildman–Crippen MR) is 61.1 cm³/mol. The number of carboxylic acid groups (broad SMARTS) is 1. The summed E-state index contributed by atoms with van der Waals surface area (Å²) in [6.45, 7) is 1.76. The molecule has 0 aliphatic rings. The molecule has 0 fully saturated rings. The van der Waals surface area contributed by atoms with E-state index in [2.05, 4.69) is 0 Å². The van der Waals surface area contributed by atoms with Crippen LogP contribution >= 0.6 is 0 Å². The minimum Gasteiger partial charge on any atom is -0.481 e. The van der Waals surface area contributed by atoms with E-state index in [4.69, 9.17) is 10.8 Å². The van der Waals surface area contributed by atoms with Crippen molar-refractivity contribution in [1.82, 2.24) is 0 Å². The van der Waals surface area contributed by atoms with Gasteiger partial charge in [0, 0.05) is 5.69 Å². The highest BCUT2D eigenvalue weighted by Gasteiger charge is 2.35. The quantitative estimate of drug-likeness (QED) is 0.818. The summed E-state index contributed by atoms with van der Waals surface area (Å²) in [5, 5.41) is 9.04. The average Bonchev–Trinajstić information content (AvgIpc) is 2.24. The molecule has 0 spiro atoms. The van der Waals surface area contributed by atoms with Gasteiger partial charge in [-0.15, -0.1) is 0 Å². The molecule has 0 aromatic heterocycles. The maximum absolute atomic E-state index is 12.7. The van der Waals surface area contributed by atoms with Crippen molar-refractivity contribution in [3.8, 4) is 0 Å². The fourth-order valence-corrected chi connectivity index (χ4v) is 1.83. The molecule has 0 amide bonds. The third-order valence-electron chi connectivity index (χ3n) is 2.70. The van der Waals surface area contributed by atoms with Gasteiger partial charge in [-0.2, -0.15) is 13.2 Å². The van der Waals surface area contributed by atoms with E-state index in [1.807, 2.05) is 0 Å². The number of aliphatic carboxylic acids is 1. The van der Waals surface area contributed by atoms with Gasteiger partial charge in [0.1, 0.15) is 0 Å². The second-order valence-corrected chi connectivity index (χ2v) is 3.99. The number of hydrogen-bond acceptors (Lipinski definition) is 2. The van der Waals surface area contributed by atoms with Crippen LogP contribution in [-0.4, -0.2) is 11.1 Å². The number of benzene rings is 1. The lowest BCUT2D eigenvalue weighted by Gasteiger charge is -2.18. The van der Waals surface area contributed by atoms with Gasteiger partial charge in [0.2, 0.25) is 0 Å². The lowest BCUT2D eigenvalue weighted by molar-refractivity contribution is -0.140. The highest BCUT2D eigenvalue weighted by Crippen LogP contribution is 2.38. The summed E-state index contributed by atoms with van der Waals surface area (Å²) in [5.74, 6) is -2.17. The number of alkyl halides is 3. The first-order valence-electron chi connectivity index (χ1n) is 5.47. The number of rotatable bonds is 4. The Morgan fingerprint density at radius 2 is 2.06 bits per heavy atom. The van der Waals surface area contributed by atoms with Crippen molar-refractivity contribution in [2.24, 2.45) is 0 Å². The molecule has 0 saturated heterocycles. The van der Waals surface area contributed by atoms with Crippen LogP contribution in [0.2, 0.25) is 0 Å². The van der Waals surface area contributed by atoms with Gasteiger partial charge in [-0.1, -0.05) is 25.5 Å². The van der Waals surface area contributed by atoms with Gasteiger partial charge in [-0.05, 0) is 18.1 Å². The molecule has 0 aliphatic carbocycles. The summed E-state index contributed by atoms with van der Waals surface area (Å²) < 4.78 is 38.0. The Morgan fingerprint density at radius 1 is 1.44 bits per heavy atom. The van der Waals surface area contributed by atoms with Crippen LogP contribution in [0, 0.1) is 0 Å². The van der Waals surface area contributed by atoms with Crippen LogP contribution in [0.25, 0.3) is 0 Å². The predicted octanol–water partition coefficient (Wildman–Crippen LogP) is 3.26. The number of hydrogen-bond donors (Lipinski definition) is 2. The van der Waals surface area contributed by atoms with E-state index < -0.39 is 29.3 Å². The number of nitrogens with two attached hydrogens (primary N) is 1. The molecular formula is C12H14F3NO2. The van der Waals surface area contributed by atoms with Gasteiger partial charge in [-0.3, -0.25) is 4.79 Å². The molecule has 1 aromatic carbocycles. The van der Waals surface area contributed by atoms with Gasteiger partial charge in [-0.25, -0.2) is 0 Å². The summed E-state index contributed by atoms with van der Waals surface area (Å²) in [6, 6.07) is 3.36. The van der Waals surface area contributed by atoms with E-state index in [1.54, 1.807) is 6.92 Å². The first-order valence-corrected chi connectivity index (χ1v) is 5.47. The highest BCUT2D eigenvalue weighted by molar-refractivity contribution is 5.79. The second-order valence-electron chi connectivity index (χ2n) is 3.99. The standard InChI is InChI=1S/C12H14F3NO2/c1-2-4-8(11(17)18)7-5-3-6-9(10(7)16)12(13,14)15/h3,5-6,8H,2,4,16H2,1H3,(H,17,18). The Kier molecular flexibility index (Phi) is 4.21. The van der Waals surface area contributed by atoms with Gasteiger partial charge in [0.25, 0.3) is 0 Å². The molecule has 0 radical (unpaired) electrons. The lowest BCUT2D eigenvalue weighted by Crippen LogP contribution is -2.17. The SMILES string of the molecule is CCCC(C(=O)O)c1cccc(C(F)(F)F)c1N. The van der Waals surface area contributed by atoms with Crippen molar-refractivity contribution in [3.05, 3.63) is 29.3 Å². The minimum absolute atomic E-state index is 0.0270. The van der Waals surface area contributed by atoms with Crippen LogP contribution in [0.3, 0.4) is 0 Å². The number of halogens is 3. The Hall–Kier alpha value is -1.72. The van der Waals surface area contributed by atoms with Crippen LogP contribution in [0.1, 0.15) is 36.8 Å². The van der Waals surface area contributed by atoms with Gasteiger partial charge in [0.05, 0.1) is 11.5 Å². The number of anilines is 1. The Bertz CT molecular complexity index is 443. The van der Waals surface area contributed by atoms with Gasteiger partial charge in [0.15, 0.2) is 0 Å². The van der Waals surface area contributed by atoms with Crippen molar-refractivity contribution in [3.63, 3.8) is 0 Å². The van der Waals surface area contributed by atoms with Crippen LogP contribution in [0.15, 0.2) is 18.2 Å². The average molecular weight is 261 g/mol. The van der Waals surface area contributed by atoms with Gasteiger partial charge < -0.3 is 10.8 Å². The number of carbonyl (C=O) groups is 1. The molecule has 6 heteroatoms. The summed E-state index contributed by atoms with van der Waals surface area (Å²) in [7, 11) is 0. The molecule has 1 unspecified atom stereocenters. The van der Waals surface area contributed by atoms with E-state index in [0.717, 1.165) is 6.07 Å². The maximum Gasteiger partial charge on any atom is 0.418 e.